The molecule has 2 amide bonds. The highest BCUT2D eigenvalue weighted by molar-refractivity contribution is 6.07. The van der Waals surface area contributed by atoms with Crippen molar-refractivity contribution in [3.8, 4) is 0 Å². The van der Waals surface area contributed by atoms with Crippen molar-refractivity contribution in [2.75, 3.05) is 36.4 Å². The van der Waals surface area contributed by atoms with Crippen molar-refractivity contribution >= 4 is 34.7 Å². The molecule has 27 heavy (non-hydrogen) atoms. The number of para-hydroxylation sites is 1. The number of hydrogen-bond acceptors (Lipinski definition) is 6. The molecule has 1 aromatic carbocycles. The topological polar surface area (TPSA) is 91.3 Å². The second-order valence-corrected chi connectivity index (χ2v) is 6.22. The van der Waals surface area contributed by atoms with Gasteiger partial charge in [0.05, 0.1) is 23.6 Å². The van der Waals surface area contributed by atoms with Crippen LogP contribution in [0.2, 0.25) is 0 Å². The maximum atomic E-state index is 12.5. The van der Waals surface area contributed by atoms with Crippen molar-refractivity contribution in [1.82, 2.24) is 19.9 Å². The van der Waals surface area contributed by atoms with E-state index in [1.54, 1.807) is 17.3 Å². The Bertz CT molecular complexity index is 962. The molecule has 0 radical (unpaired) electrons. The van der Waals surface area contributed by atoms with Gasteiger partial charge in [0, 0.05) is 37.8 Å². The first-order valence-electron chi connectivity index (χ1n) is 8.66. The van der Waals surface area contributed by atoms with Gasteiger partial charge in [-0.05, 0) is 12.1 Å². The average Bonchev–Trinajstić information content (AvgIpc) is 2.74. The fraction of sp³-hybridized carbons (Fsp3) is 0.211. The van der Waals surface area contributed by atoms with Crippen molar-refractivity contribution in [2.24, 2.45) is 0 Å². The molecule has 1 aliphatic heterocycles. The number of rotatable bonds is 4. The van der Waals surface area contributed by atoms with Crippen LogP contribution in [0, 0.1) is 0 Å². The second-order valence-electron chi connectivity index (χ2n) is 6.22. The monoisotopic (exact) mass is 362 g/mol. The normalized spacial score (nSPS) is 14.2. The first-order valence-corrected chi connectivity index (χ1v) is 8.66. The number of aromatic nitrogens is 3. The zero-order valence-corrected chi connectivity index (χ0v) is 14.6. The Morgan fingerprint density at radius 3 is 2.56 bits per heavy atom. The van der Waals surface area contributed by atoms with Crippen LogP contribution in [0.1, 0.15) is 10.5 Å². The summed E-state index contributed by atoms with van der Waals surface area (Å²) in [6.07, 6.45) is 5.61. The highest BCUT2D eigenvalue weighted by atomic mass is 16.2. The van der Waals surface area contributed by atoms with Gasteiger partial charge in [0.1, 0.15) is 11.5 Å². The van der Waals surface area contributed by atoms with E-state index < -0.39 is 0 Å². The summed E-state index contributed by atoms with van der Waals surface area (Å²) in [4.78, 5) is 40.0. The minimum atomic E-state index is -0.335. The van der Waals surface area contributed by atoms with Crippen molar-refractivity contribution in [1.29, 1.82) is 0 Å². The van der Waals surface area contributed by atoms with E-state index in [0.29, 0.717) is 37.7 Å². The number of benzene rings is 1. The fourth-order valence-electron chi connectivity index (χ4n) is 3.05. The van der Waals surface area contributed by atoms with Gasteiger partial charge in [0.15, 0.2) is 0 Å². The lowest BCUT2D eigenvalue weighted by Gasteiger charge is -2.33. The molecule has 8 heteroatoms. The minimum absolute atomic E-state index is 0.234. The zero-order chi connectivity index (χ0) is 18.6. The number of nitrogens with zero attached hydrogens (tertiary/aromatic N) is 5. The predicted octanol–water partition coefficient (Wildman–Crippen LogP) is 1.56. The van der Waals surface area contributed by atoms with E-state index in [1.807, 2.05) is 35.2 Å². The average molecular weight is 362 g/mol. The van der Waals surface area contributed by atoms with Gasteiger partial charge in [-0.1, -0.05) is 18.2 Å². The third kappa shape index (κ3) is 3.55. The summed E-state index contributed by atoms with van der Waals surface area (Å²) < 4.78 is 0. The fourth-order valence-corrected chi connectivity index (χ4v) is 3.05. The number of anilines is 2. The lowest BCUT2D eigenvalue weighted by molar-refractivity contribution is -0.118. The van der Waals surface area contributed by atoms with E-state index in [2.05, 4.69) is 20.3 Å². The summed E-state index contributed by atoms with van der Waals surface area (Å²) >= 11 is 0. The van der Waals surface area contributed by atoms with Crippen LogP contribution in [-0.2, 0) is 4.79 Å². The maximum absolute atomic E-state index is 12.5. The maximum Gasteiger partial charge on any atom is 0.275 e. The zero-order valence-electron chi connectivity index (χ0n) is 14.6. The molecular formula is C19H18N6O2. The van der Waals surface area contributed by atoms with Crippen LogP contribution in [0.5, 0.6) is 0 Å². The summed E-state index contributed by atoms with van der Waals surface area (Å²) in [5.74, 6) is 0.363. The van der Waals surface area contributed by atoms with Gasteiger partial charge in [-0.15, -0.1) is 0 Å². The van der Waals surface area contributed by atoms with Gasteiger partial charge in [0.2, 0.25) is 6.41 Å². The number of nitrogens with one attached hydrogen (secondary N) is 1. The molecule has 0 spiro atoms. The minimum Gasteiger partial charge on any atom is -0.352 e. The Morgan fingerprint density at radius 1 is 1.00 bits per heavy atom. The Morgan fingerprint density at radius 2 is 1.81 bits per heavy atom. The van der Waals surface area contributed by atoms with Gasteiger partial charge in [-0.2, -0.15) is 0 Å². The second kappa shape index (κ2) is 7.36. The van der Waals surface area contributed by atoms with Gasteiger partial charge in [-0.3, -0.25) is 14.6 Å². The van der Waals surface area contributed by atoms with Gasteiger partial charge in [-0.25, -0.2) is 9.97 Å². The van der Waals surface area contributed by atoms with Crippen LogP contribution in [0.3, 0.4) is 0 Å². The Balaban J connectivity index is 1.47. The summed E-state index contributed by atoms with van der Waals surface area (Å²) in [7, 11) is 0. The van der Waals surface area contributed by atoms with E-state index in [9.17, 15) is 9.59 Å². The van der Waals surface area contributed by atoms with Crippen LogP contribution < -0.4 is 10.2 Å². The van der Waals surface area contributed by atoms with Crippen molar-refractivity contribution < 1.29 is 9.59 Å². The van der Waals surface area contributed by atoms with Gasteiger partial charge < -0.3 is 15.1 Å². The van der Waals surface area contributed by atoms with E-state index >= 15 is 0 Å². The number of hydrogen-bond donors (Lipinski definition) is 1. The predicted molar refractivity (Wildman–Crippen MR) is 102 cm³/mol. The van der Waals surface area contributed by atoms with Crippen molar-refractivity contribution in [3.05, 3.63) is 54.6 Å². The summed E-state index contributed by atoms with van der Waals surface area (Å²) in [6, 6.07) is 9.41. The molecule has 3 aromatic rings. The Hall–Kier alpha value is -3.55. The van der Waals surface area contributed by atoms with E-state index in [4.69, 9.17) is 0 Å². The molecule has 8 nitrogen and oxygen atoms in total. The van der Waals surface area contributed by atoms with Crippen molar-refractivity contribution in [3.63, 3.8) is 0 Å². The third-order valence-corrected chi connectivity index (χ3v) is 4.54. The number of carbonyl (C=O) groups excluding carboxylic acids is 2. The smallest absolute Gasteiger partial charge is 0.275 e. The Labute approximate surface area is 155 Å². The lowest BCUT2D eigenvalue weighted by atomic mass is 10.2. The van der Waals surface area contributed by atoms with Crippen LogP contribution >= 0.6 is 0 Å². The molecule has 0 saturated carbocycles. The van der Waals surface area contributed by atoms with E-state index in [0.717, 1.165) is 17.3 Å². The molecule has 1 aliphatic rings. The number of carbonyl (C=O) groups is 2. The van der Waals surface area contributed by atoms with E-state index in [1.165, 1.54) is 6.20 Å². The molecule has 1 fully saturated rings. The molecule has 0 atom stereocenters. The van der Waals surface area contributed by atoms with Crippen molar-refractivity contribution in [2.45, 2.75) is 0 Å². The van der Waals surface area contributed by atoms with Crippen LogP contribution in [0.4, 0.5) is 11.5 Å². The quantitative estimate of drug-likeness (QED) is 0.708. The van der Waals surface area contributed by atoms with E-state index in [-0.39, 0.29) is 11.6 Å². The lowest BCUT2D eigenvalue weighted by Crippen LogP contribution is -2.46. The number of piperazine rings is 1. The summed E-state index contributed by atoms with van der Waals surface area (Å²) in [5, 5.41) is 3.80. The van der Waals surface area contributed by atoms with Crippen LogP contribution in [0.25, 0.3) is 10.9 Å². The molecule has 0 aliphatic carbocycles. The highest BCUT2D eigenvalue weighted by Crippen LogP contribution is 2.21. The summed E-state index contributed by atoms with van der Waals surface area (Å²) in [5.41, 5.74) is 1.60. The first kappa shape index (κ1) is 16.9. The number of amides is 2. The van der Waals surface area contributed by atoms with Crippen LogP contribution in [0.15, 0.2) is 48.9 Å². The Kier molecular flexibility index (Phi) is 4.61. The SMILES string of the molecule is O=CN1CCN(c2cnc(C(=O)Nc3cccc4cccnc34)cn2)CC1. The molecular weight excluding hydrogens is 344 g/mol. The largest absolute Gasteiger partial charge is 0.352 e. The van der Waals surface area contributed by atoms with Gasteiger partial charge >= 0.3 is 0 Å². The first-order chi connectivity index (χ1) is 13.2. The van der Waals surface area contributed by atoms with Crippen LogP contribution in [-0.4, -0.2) is 58.3 Å². The molecule has 1 N–H and O–H groups in total. The molecule has 136 valence electrons. The highest BCUT2D eigenvalue weighted by Gasteiger charge is 2.18. The molecule has 0 bridgehead atoms. The molecule has 4 rings (SSSR count). The third-order valence-electron chi connectivity index (χ3n) is 4.54. The standard InChI is InChI=1S/C19H18N6O2/c26-13-24-7-9-25(10-8-24)17-12-21-16(11-22-17)19(27)23-15-5-1-3-14-4-2-6-20-18(14)15/h1-6,11-13H,7-10H2,(H,23,27). The number of fused-ring (bicyclic) bond motifs is 1. The van der Waals surface area contributed by atoms with Gasteiger partial charge in [0.25, 0.3) is 5.91 Å². The molecule has 3 heterocycles. The number of pyridine rings is 1. The summed E-state index contributed by atoms with van der Waals surface area (Å²) in [6.45, 7) is 2.70. The molecule has 1 saturated heterocycles. The molecule has 0 unspecified atom stereocenters. The molecule has 2 aromatic heterocycles.